The summed E-state index contributed by atoms with van der Waals surface area (Å²) in [6, 6.07) is 5.33. The van der Waals surface area contributed by atoms with Crippen LogP contribution in [0.15, 0.2) is 41.8 Å². The number of benzene rings is 1. The van der Waals surface area contributed by atoms with Gasteiger partial charge in [0.25, 0.3) is 0 Å². The van der Waals surface area contributed by atoms with E-state index in [-0.39, 0.29) is 4.90 Å². The highest BCUT2D eigenvalue weighted by molar-refractivity contribution is 7.89. The minimum absolute atomic E-state index is 0.0981. The van der Waals surface area contributed by atoms with Gasteiger partial charge >= 0.3 is 0 Å². The summed E-state index contributed by atoms with van der Waals surface area (Å²) in [4.78, 5) is 11.2. The van der Waals surface area contributed by atoms with Crippen molar-refractivity contribution in [1.82, 2.24) is 10.0 Å². The van der Waals surface area contributed by atoms with Gasteiger partial charge in [0.2, 0.25) is 19.7 Å². The standard InChI is InChI=1S/C11H10Cl4N2O3S/c1-2-9(18)16-10(11(13,14)15)17-21(19,20)8-5-3-7(12)4-6-8/h2-6,10,17H,1H2,(H,16,18). The van der Waals surface area contributed by atoms with Gasteiger partial charge in [-0.15, -0.1) is 0 Å². The molecule has 10 heteroatoms. The number of halogens is 4. The van der Waals surface area contributed by atoms with Crippen molar-refractivity contribution in [3.63, 3.8) is 0 Å². The van der Waals surface area contributed by atoms with Crippen LogP contribution >= 0.6 is 46.4 Å². The Labute approximate surface area is 142 Å². The minimum atomic E-state index is -4.02. The molecule has 2 N–H and O–H groups in total. The van der Waals surface area contributed by atoms with Crippen LogP contribution in [0.25, 0.3) is 0 Å². The number of carbonyl (C=O) groups is 1. The first kappa shape index (κ1) is 18.5. The first-order chi connectivity index (χ1) is 9.56. The largest absolute Gasteiger partial charge is 0.332 e. The summed E-state index contributed by atoms with van der Waals surface area (Å²) in [6.45, 7) is 3.23. The molecule has 116 valence electrons. The maximum absolute atomic E-state index is 12.2. The van der Waals surface area contributed by atoms with E-state index in [1.807, 2.05) is 0 Å². The molecule has 0 heterocycles. The van der Waals surface area contributed by atoms with Crippen LogP contribution in [0.1, 0.15) is 0 Å². The minimum Gasteiger partial charge on any atom is -0.332 e. The van der Waals surface area contributed by atoms with Crippen LogP contribution < -0.4 is 10.0 Å². The van der Waals surface area contributed by atoms with Gasteiger partial charge in [-0.05, 0) is 30.3 Å². The van der Waals surface area contributed by atoms with E-state index in [1.165, 1.54) is 24.3 Å². The van der Waals surface area contributed by atoms with Gasteiger partial charge in [0, 0.05) is 5.02 Å². The molecule has 0 bridgehead atoms. The number of carbonyl (C=O) groups excluding carboxylic acids is 1. The maximum Gasteiger partial charge on any atom is 0.244 e. The number of sulfonamides is 1. The van der Waals surface area contributed by atoms with E-state index in [1.54, 1.807) is 0 Å². The van der Waals surface area contributed by atoms with E-state index in [4.69, 9.17) is 46.4 Å². The van der Waals surface area contributed by atoms with Gasteiger partial charge in [0.05, 0.1) is 4.90 Å². The lowest BCUT2D eigenvalue weighted by atomic mass is 10.4. The van der Waals surface area contributed by atoms with Crippen LogP contribution in [0, 0.1) is 0 Å². The zero-order valence-corrected chi connectivity index (χ0v) is 14.2. The Morgan fingerprint density at radius 2 is 1.76 bits per heavy atom. The highest BCUT2D eigenvalue weighted by Gasteiger charge is 2.37. The van der Waals surface area contributed by atoms with E-state index in [9.17, 15) is 13.2 Å². The number of amides is 1. The Kier molecular flexibility index (Phi) is 6.34. The second-order valence-electron chi connectivity index (χ2n) is 3.76. The molecule has 21 heavy (non-hydrogen) atoms. The zero-order chi connectivity index (χ0) is 16.3. The van der Waals surface area contributed by atoms with Gasteiger partial charge in [-0.1, -0.05) is 53.0 Å². The van der Waals surface area contributed by atoms with Crippen LogP contribution in [-0.2, 0) is 14.8 Å². The molecule has 0 fully saturated rings. The summed E-state index contributed by atoms with van der Waals surface area (Å²) in [5.74, 6) is -0.704. The monoisotopic (exact) mass is 390 g/mol. The maximum atomic E-state index is 12.2. The molecular weight excluding hydrogens is 382 g/mol. The average molecular weight is 392 g/mol. The fourth-order valence-corrected chi connectivity index (χ4v) is 3.04. The summed E-state index contributed by atoms with van der Waals surface area (Å²) in [7, 11) is -4.02. The van der Waals surface area contributed by atoms with Crippen molar-refractivity contribution in [2.45, 2.75) is 14.9 Å². The molecule has 0 aliphatic carbocycles. The summed E-state index contributed by atoms with van der Waals surface area (Å²) >= 11 is 22.6. The van der Waals surface area contributed by atoms with Gasteiger partial charge in [0.15, 0.2) is 0 Å². The molecule has 1 unspecified atom stereocenters. The molecule has 0 aliphatic rings. The Morgan fingerprint density at radius 3 is 2.19 bits per heavy atom. The van der Waals surface area contributed by atoms with E-state index in [0.717, 1.165) is 6.08 Å². The quantitative estimate of drug-likeness (QED) is 0.460. The molecule has 1 amide bonds. The first-order valence-electron chi connectivity index (χ1n) is 5.34. The van der Waals surface area contributed by atoms with Crippen molar-refractivity contribution in [2.24, 2.45) is 0 Å². The van der Waals surface area contributed by atoms with Crippen LogP contribution in [0.4, 0.5) is 0 Å². The molecule has 1 rings (SSSR count). The van der Waals surface area contributed by atoms with E-state index in [2.05, 4.69) is 16.6 Å². The SMILES string of the molecule is C=CC(=O)NC(NS(=O)(=O)c1ccc(Cl)cc1)C(Cl)(Cl)Cl. The molecule has 1 atom stereocenters. The summed E-state index contributed by atoms with van der Waals surface area (Å²) in [5.41, 5.74) is 0. The fraction of sp³-hybridized carbons (Fsp3) is 0.182. The fourth-order valence-electron chi connectivity index (χ4n) is 1.22. The molecule has 0 saturated carbocycles. The number of rotatable bonds is 5. The Bertz CT molecular complexity index is 626. The second-order valence-corrected chi connectivity index (χ2v) is 8.28. The van der Waals surface area contributed by atoms with Crippen molar-refractivity contribution in [2.75, 3.05) is 0 Å². The third-order valence-corrected chi connectivity index (χ3v) is 4.54. The second kappa shape index (κ2) is 7.17. The highest BCUT2D eigenvalue weighted by atomic mass is 35.6. The van der Waals surface area contributed by atoms with Crippen LogP contribution in [-0.4, -0.2) is 24.3 Å². The number of nitrogens with one attached hydrogen (secondary N) is 2. The van der Waals surface area contributed by atoms with Crippen molar-refractivity contribution in [1.29, 1.82) is 0 Å². The number of hydrogen-bond donors (Lipinski definition) is 2. The van der Waals surface area contributed by atoms with Crippen molar-refractivity contribution in [3.05, 3.63) is 41.9 Å². The lowest BCUT2D eigenvalue weighted by molar-refractivity contribution is -0.117. The van der Waals surface area contributed by atoms with Gasteiger partial charge in [-0.2, -0.15) is 4.72 Å². The topological polar surface area (TPSA) is 75.3 Å². The molecule has 0 aliphatic heterocycles. The predicted molar refractivity (Wildman–Crippen MR) is 84.2 cm³/mol. The average Bonchev–Trinajstić information content (AvgIpc) is 2.37. The molecule has 0 saturated heterocycles. The third kappa shape index (κ3) is 5.65. The Balaban J connectivity index is 3.04. The van der Waals surface area contributed by atoms with E-state index >= 15 is 0 Å². The molecule has 1 aromatic rings. The van der Waals surface area contributed by atoms with Crippen molar-refractivity contribution >= 4 is 62.3 Å². The van der Waals surface area contributed by atoms with Crippen molar-refractivity contribution in [3.8, 4) is 0 Å². The Hall–Kier alpha value is -0.500. The smallest absolute Gasteiger partial charge is 0.244 e. The molecule has 0 aromatic heterocycles. The predicted octanol–water partition coefficient (Wildman–Crippen LogP) is 2.62. The summed E-state index contributed by atoms with van der Waals surface area (Å²) < 4.78 is 24.3. The zero-order valence-electron chi connectivity index (χ0n) is 10.3. The number of hydrogen-bond acceptors (Lipinski definition) is 3. The molecule has 0 spiro atoms. The van der Waals surface area contributed by atoms with Gasteiger partial charge in [-0.25, -0.2) is 8.42 Å². The Morgan fingerprint density at radius 1 is 1.24 bits per heavy atom. The molecule has 1 aromatic carbocycles. The van der Waals surface area contributed by atoms with Gasteiger partial charge in [-0.3, -0.25) is 4.79 Å². The molecule has 0 radical (unpaired) electrons. The summed E-state index contributed by atoms with van der Waals surface area (Å²) in [6.07, 6.45) is -0.561. The normalized spacial score (nSPS) is 13.5. The van der Waals surface area contributed by atoms with Gasteiger partial charge < -0.3 is 5.32 Å². The van der Waals surface area contributed by atoms with Crippen molar-refractivity contribution < 1.29 is 13.2 Å². The summed E-state index contributed by atoms with van der Waals surface area (Å²) in [5, 5.41) is 2.54. The molecular formula is C11H10Cl4N2O3S. The molecule has 5 nitrogen and oxygen atoms in total. The number of alkyl halides is 3. The highest BCUT2D eigenvalue weighted by Crippen LogP contribution is 2.30. The van der Waals surface area contributed by atoms with E-state index in [0.29, 0.717) is 5.02 Å². The lowest BCUT2D eigenvalue weighted by Crippen LogP contribution is -2.54. The van der Waals surface area contributed by atoms with Gasteiger partial charge in [0.1, 0.15) is 6.17 Å². The van der Waals surface area contributed by atoms with E-state index < -0.39 is 25.9 Å². The van der Waals surface area contributed by atoms with Crippen LogP contribution in [0.5, 0.6) is 0 Å². The first-order valence-corrected chi connectivity index (χ1v) is 8.33. The lowest BCUT2D eigenvalue weighted by Gasteiger charge is -2.25. The van der Waals surface area contributed by atoms with Crippen LogP contribution in [0.2, 0.25) is 5.02 Å². The third-order valence-electron chi connectivity index (χ3n) is 2.20. The van der Waals surface area contributed by atoms with Crippen LogP contribution in [0.3, 0.4) is 0 Å².